The van der Waals surface area contributed by atoms with Crippen LogP contribution in [0.15, 0.2) is 24.3 Å². The summed E-state index contributed by atoms with van der Waals surface area (Å²) in [5.41, 5.74) is 2.58. The molecule has 30 heavy (non-hydrogen) atoms. The minimum Gasteiger partial charge on any atom is -0.469 e. The van der Waals surface area contributed by atoms with Crippen LogP contribution in [0.25, 0.3) is 0 Å². The number of esters is 2. The van der Waals surface area contributed by atoms with E-state index in [4.69, 9.17) is 9.47 Å². The highest BCUT2D eigenvalue weighted by Gasteiger charge is 2.45. The van der Waals surface area contributed by atoms with Gasteiger partial charge in [-0.1, -0.05) is 0 Å². The van der Waals surface area contributed by atoms with Crippen LogP contribution in [0, 0.1) is 29.9 Å². The Bertz CT molecular complexity index is 1060. The Kier molecular flexibility index (Phi) is 5.64. The lowest BCUT2D eigenvalue weighted by atomic mass is 9.91. The van der Waals surface area contributed by atoms with Gasteiger partial charge in [-0.2, -0.15) is 0 Å². The lowest BCUT2D eigenvalue weighted by Crippen LogP contribution is -2.27. The molecule has 0 aliphatic heterocycles. The Hall–Kier alpha value is -3.62. The average Bonchev–Trinajstić information content (AvgIpc) is 3.16. The number of nitro benzene ring substituents is 1. The van der Waals surface area contributed by atoms with Crippen molar-refractivity contribution in [2.75, 3.05) is 14.2 Å². The molecule has 1 heterocycles. The van der Waals surface area contributed by atoms with Crippen molar-refractivity contribution < 1.29 is 28.8 Å². The van der Waals surface area contributed by atoms with Gasteiger partial charge < -0.3 is 9.47 Å². The molecule has 1 aliphatic carbocycles. The molecule has 1 aliphatic rings. The summed E-state index contributed by atoms with van der Waals surface area (Å²) in [6.07, 6.45) is 0.220. The smallest absolute Gasteiger partial charge is 0.314 e. The van der Waals surface area contributed by atoms with Crippen molar-refractivity contribution in [2.24, 2.45) is 5.92 Å². The number of hydrogen-bond acceptors (Lipinski definition) is 8. The number of nitrogens with zero attached hydrogens (tertiary/aromatic N) is 2. The normalized spacial score (nSPS) is 17.2. The highest BCUT2D eigenvalue weighted by atomic mass is 16.6. The van der Waals surface area contributed by atoms with Crippen molar-refractivity contribution in [3.8, 4) is 0 Å². The molecule has 0 saturated heterocycles. The minimum atomic E-state index is -0.854. The van der Waals surface area contributed by atoms with E-state index in [-0.39, 0.29) is 23.4 Å². The van der Waals surface area contributed by atoms with Gasteiger partial charge in [0.1, 0.15) is 5.69 Å². The zero-order chi connectivity index (χ0) is 22.2. The third kappa shape index (κ3) is 3.42. The first kappa shape index (κ1) is 21.1. The molecule has 9 nitrogen and oxygen atoms in total. The molecule has 2 unspecified atom stereocenters. The van der Waals surface area contributed by atoms with E-state index in [2.05, 4.69) is 4.98 Å². The SMILES string of the molecule is COC(=O)C1Cc2c(C)c(C(=O)c3ccc([N+](=O)[O-])cc3)nc(C)c2C1C(=O)OC. The fourth-order valence-corrected chi connectivity index (χ4v) is 3.96. The van der Waals surface area contributed by atoms with Gasteiger partial charge in [0.2, 0.25) is 5.78 Å². The zero-order valence-corrected chi connectivity index (χ0v) is 16.9. The zero-order valence-electron chi connectivity index (χ0n) is 16.9. The molecule has 0 radical (unpaired) electrons. The van der Waals surface area contributed by atoms with Crippen LogP contribution in [-0.2, 0) is 25.5 Å². The molecule has 9 heteroatoms. The summed E-state index contributed by atoms with van der Waals surface area (Å²) >= 11 is 0. The predicted octanol–water partition coefficient (Wildman–Crippen LogP) is 2.44. The molecule has 0 N–H and O–H groups in total. The molecule has 0 saturated carbocycles. The molecular formula is C21H20N2O7. The molecule has 0 fully saturated rings. The third-order valence-corrected chi connectivity index (χ3v) is 5.45. The number of benzene rings is 1. The number of ketones is 1. The topological polar surface area (TPSA) is 126 Å². The Morgan fingerprint density at radius 3 is 2.20 bits per heavy atom. The van der Waals surface area contributed by atoms with Crippen molar-refractivity contribution in [3.63, 3.8) is 0 Å². The minimum absolute atomic E-state index is 0.122. The maximum absolute atomic E-state index is 13.0. The van der Waals surface area contributed by atoms with Crippen LogP contribution in [0.1, 0.15) is 44.4 Å². The molecule has 1 aromatic heterocycles. The lowest BCUT2D eigenvalue weighted by Gasteiger charge is -2.17. The van der Waals surface area contributed by atoms with E-state index >= 15 is 0 Å². The number of carbonyl (C=O) groups is 3. The maximum atomic E-state index is 13.0. The molecule has 0 spiro atoms. The summed E-state index contributed by atoms with van der Waals surface area (Å²) in [5, 5.41) is 10.8. The van der Waals surface area contributed by atoms with E-state index in [1.807, 2.05) is 0 Å². The highest BCUT2D eigenvalue weighted by molar-refractivity contribution is 6.09. The number of methoxy groups -OCH3 is 2. The second kappa shape index (κ2) is 8.02. The van der Waals surface area contributed by atoms with Crippen molar-refractivity contribution >= 4 is 23.4 Å². The number of hydrogen-bond donors (Lipinski definition) is 0. The molecule has 3 rings (SSSR count). The van der Waals surface area contributed by atoms with E-state index in [9.17, 15) is 24.5 Å². The van der Waals surface area contributed by atoms with Gasteiger partial charge in [-0.3, -0.25) is 24.5 Å². The first-order valence-electron chi connectivity index (χ1n) is 9.16. The van der Waals surface area contributed by atoms with Gasteiger partial charge >= 0.3 is 11.9 Å². The van der Waals surface area contributed by atoms with Crippen molar-refractivity contribution in [3.05, 3.63) is 68.0 Å². The summed E-state index contributed by atoms with van der Waals surface area (Å²) in [5.74, 6) is -3.12. The average molecular weight is 412 g/mol. The molecule has 1 aromatic carbocycles. The molecule has 2 atom stereocenters. The predicted molar refractivity (Wildman–Crippen MR) is 104 cm³/mol. The summed E-state index contributed by atoms with van der Waals surface area (Å²) in [4.78, 5) is 52.4. The number of rotatable bonds is 5. The van der Waals surface area contributed by atoms with Crippen LogP contribution in [0.3, 0.4) is 0 Å². The van der Waals surface area contributed by atoms with Gasteiger partial charge in [0.05, 0.1) is 31.0 Å². The molecule has 156 valence electrons. The fraction of sp³-hybridized carbons (Fsp3) is 0.333. The first-order valence-corrected chi connectivity index (χ1v) is 9.16. The van der Waals surface area contributed by atoms with Crippen LogP contribution >= 0.6 is 0 Å². The summed E-state index contributed by atoms with van der Waals surface area (Å²) in [6.45, 7) is 3.37. The second-order valence-electron chi connectivity index (χ2n) is 7.03. The number of carbonyl (C=O) groups excluding carboxylic acids is 3. The van der Waals surface area contributed by atoms with Crippen molar-refractivity contribution in [1.29, 1.82) is 0 Å². The number of aryl methyl sites for hydroxylation is 1. The monoisotopic (exact) mass is 412 g/mol. The summed E-state index contributed by atoms with van der Waals surface area (Å²) < 4.78 is 9.75. The maximum Gasteiger partial charge on any atom is 0.314 e. The number of pyridine rings is 1. The van der Waals surface area contributed by atoms with Gasteiger partial charge in [-0.25, -0.2) is 4.98 Å². The number of nitro groups is 1. The van der Waals surface area contributed by atoms with Crippen molar-refractivity contribution in [1.82, 2.24) is 4.98 Å². The Morgan fingerprint density at radius 2 is 1.67 bits per heavy atom. The van der Waals surface area contributed by atoms with E-state index < -0.39 is 34.5 Å². The Balaban J connectivity index is 2.09. The number of non-ortho nitro benzene ring substituents is 1. The van der Waals surface area contributed by atoms with E-state index in [1.165, 1.54) is 38.5 Å². The van der Waals surface area contributed by atoms with Gasteiger partial charge in [0, 0.05) is 23.4 Å². The standard InChI is InChI=1S/C21H20N2O7/c1-10-14-9-15(20(25)29-3)17(21(26)30-4)16(14)11(2)22-18(10)19(24)12-5-7-13(8-6-12)23(27)28/h5-8,15,17H,9H2,1-4H3. The molecular weight excluding hydrogens is 392 g/mol. The van der Waals surface area contributed by atoms with Crippen LogP contribution in [0.4, 0.5) is 5.69 Å². The number of fused-ring (bicyclic) bond motifs is 1. The number of aromatic nitrogens is 1. The van der Waals surface area contributed by atoms with Crippen LogP contribution in [-0.4, -0.2) is 41.8 Å². The Labute approximate surface area is 172 Å². The molecule has 0 amide bonds. The first-order chi connectivity index (χ1) is 14.2. The highest BCUT2D eigenvalue weighted by Crippen LogP contribution is 2.43. The number of ether oxygens (including phenoxy) is 2. The van der Waals surface area contributed by atoms with Gasteiger partial charge in [0.15, 0.2) is 0 Å². The second-order valence-corrected chi connectivity index (χ2v) is 7.03. The fourth-order valence-electron chi connectivity index (χ4n) is 3.96. The lowest BCUT2D eigenvalue weighted by molar-refractivity contribution is -0.384. The molecule has 0 bridgehead atoms. The van der Waals surface area contributed by atoms with Crippen molar-refractivity contribution in [2.45, 2.75) is 26.2 Å². The van der Waals surface area contributed by atoms with Crippen LogP contribution in [0.5, 0.6) is 0 Å². The van der Waals surface area contributed by atoms with Gasteiger partial charge in [0.25, 0.3) is 5.69 Å². The largest absolute Gasteiger partial charge is 0.469 e. The van der Waals surface area contributed by atoms with E-state index in [0.29, 0.717) is 22.4 Å². The van der Waals surface area contributed by atoms with E-state index in [1.54, 1.807) is 13.8 Å². The summed E-state index contributed by atoms with van der Waals surface area (Å²) in [6, 6.07) is 5.25. The van der Waals surface area contributed by atoms with Crippen LogP contribution in [0.2, 0.25) is 0 Å². The van der Waals surface area contributed by atoms with Gasteiger partial charge in [-0.05, 0) is 49.1 Å². The third-order valence-electron chi connectivity index (χ3n) is 5.45. The van der Waals surface area contributed by atoms with Gasteiger partial charge in [-0.15, -0.1) is 0 Å². The quantitative estimate of drug-likeness (QED) is 0.317. The van der Waals surface area contributed by atoms with Crippen LogP contribution < -0.4 is 0 Å². The molecule has 2 aromatic rings. The summed E-state index contributed by atoms with van der Waals surface area (Å²) in [7, 11) is 2.50. The van der Waals surface area contributed by atoms with E-state index in [0.717, 1.165) is 0 Å². The Morgan fingerprint density at radius 1 is 1.07 bits per heavy atom.